The van der Waals surface area contributed by atoms with Crippen molar-refractivity contribution in [3.8, 4) is 22.9 Å². The van der Waals surface area contributed by atoms with Gasteiger partial charge in [-0.3, -0.25) is 9.59 Å². The number of piperidine rings is 1. The van der Waals surface area contributed by atoms with Gasteiger partial charge in [-0.25, -0.2) is 14.4 Å². The van der Waals surface area contributed by atoms with Crippen molar-refractivity contribution in [1.29, 1.82) is 0 Å². The summed E-state index contributed by atoms with van der Waals surface area (Å²) in [5.41, 5.74) is 6.77. The Morgan fingerprint density at radius 1 is 1.15 bits per heavy atom. The van der Waals surface area contributed by atoms with Crippen LogP contribution in [0.15, 0.2) is 48.7 Å². The Kier molecular flexibility index (Phi) is 5.70. The number of hydrogen-bond acceptors (Lipinski definition) is 7. The summed E-state index contributed by atoms with van der Waals surface area (Å²) in [4.78, 5) is 35.6. The molecule has 0 aliphatic carbocycles. The number of halogens is 1. The minimum absolute atomic E-state index is 0.140. The summed E-state index contributed by atoms with van der Waals surface area (Å²) in [5.74, 6) is 0.192. The van der Waals surface area contributed by atoms with E-state index in [2.05, 4.69) is 15.3 Å². The molecule has 2 amide bonds. The van der Waals surface area contributed by atoms with E-state index in [9.17, 15) is 14.0 Å². The van der Waals surface area contributed by atoms with E-state index in [0.717, 1.165) is 0 Å². The van der Waals surface area contributed by atoms with Crippen molar-refractivity contribution in [2.75, 3.05) is 25.2 Å². The number of amides is 2. The molecule has 1 fully saturated rings. The predicted octanol–water partition coefficient (Wildman–Crippen LogP) is 3.09. The first-order chi connectivity index (χ1) is 16.5. The average Bonchev–Trinajstić information content (AvgIpc) is 3.32. The highest BCUT2D eigenvalue weighted by molar-refractivity contribution is 5.99. The number of nitrogens with one attached hydrogen (secondary N) is 1. The number of carbonyl (C=O) groups excluding carboxylic acids is 2. The van der Waals surface area contributed by atoms with Gasteiger partial charge in [0.15, 0.2) is 17.3 Å². The molecule has 3 aromatic rings. The van der Waals surface area contributed by atoms with Gasteiger partial charge in [0.25, 0.3) is 5.91 Å². The molecule has 2 aliphatic heterocycles. The number of anilines is 2. The molecule has 2 aromatic carbocycles. The second kappa shape index (κ2) is 8.97. The van der Waals surface area contributed by atoms with Crippen molar-refractivity contribution < 1.29 is 23.5 Å². The maximum Gasteiger partial charge on any atom is 0.259 e. The highest BCUT2D eigenvalue weighted by Gasteiger charge is 2.29. The van der Waals surface area contributed by atoms with E-state index >= 15 is 0 Å². The van der Waals surface area contributed by atoms with E-state index in [1.54, 1.807) is 35.2 Å². The lowest BCUT2D eigenvalue weighted by Crippen LogP contribution is -2.44. The fraction of sp³-hybridized carbons (Fsp3) is 0.250. The maximum absolute atomic E-state index is 13.8. The molecule has 0 unspecified atom stereocenters. The largest absolute Gasteiger partial charge is 0.454 e. The molecule has 34 heavy (non-hydrogen) atoms. The lowest BCUT2D eigenvalue weighted by molar-refractivity contribution is -0.123. The van der Waals surface area contributed by atoms with Gasteiger partial charge < -0.3 is 25.4 Å². The van der Waals surface area contributed by atoms with E-state index in [-0.39, 0.29) is 30.6 Å². The van der Waals surface area contributed by atoms with Gasteiger partial charge in [-0.15, -0.1) is 0 Å². The van der Waals surface area contributed by atoms with Crippen molar-refractivity contribution in [1.82, 2.24) is 14.9 Å². The molecule has 1 saturated heterocycles. The minimum Gasteiger partial charge on any atom is -0.454 e. The van der Waals surface area contributed by atoms with Crippen LogP contribution >= 0.6 is 0 Å². The fourth-order valence-corrected chi connectivity index (χ4v) is 4.08. The van der Waals surface area contributed by atoms with Crippen molar-refractivity contribution >= 4 is 23.3 Å². The third kappa shape index (κ3) is 4.34. The Hall–Kier alpha value is -4.21. The van der Waals surface area contributed by atoms with Gasteiger partial charge in [-0.2, -0.15) is 0 Å². The third-order valence-electron chi connectivity index (χ3n) is 5.85. The maximum atomic E-state index is 13.8. The molecule has 0 spiro atoms. The lowest BCUT2D eigenvalue weighted by atomic mass is 9.97. The number of nitrogens with two attached hydrogens (primary N) is 1. The number of carbonyl (C=O) groups is 2. The highest BCUT2D eigenvalue weighted by atomic mass is 19.1. The van der Waals surface area contributed by atoms with Crippen molar-refractivity contribution in [2.24, 2.45) is 11.7 Å². The summed E-state index contributed by atoms with van der Waals surface area (Å²) in [7, 11) is 0. The Balaban J connectivity index is 1.51. The summed E-state index contributed by atoms with van der Waals surface area (Å²) in [5, 5.41) is 3.04. The zero-order valence-electron chi connectivity index (χ0n) is 18.2. The predicted molar refractivity (Wildman–Crippen MR) is 121 cm³/mol. The summed E-state index contributed by atoms with van der Waals surface area (Å²) >= 11 is 0. The van der Waals surface area contributed by atoms with Crippen LogP contribution in [0.1, 0.15) is 23.2 Å². The van der Waals surface area contributed by atoms with E-state index in [1.165, 1.54) is 18.3 Å². The number of aromatic nitrogens is 2. The van der Waals surface area contributed by atoms with Crippen LogP contribution in [0.2, 0.25) is 0 Å². The summed E-state index contributed by atoms with van der Waals surface area (Å²) in [6.07, 6.45) is 2.75. The first-order valence-corrected chi connectivity index (χ1v) is 10.9. The van der Waals surface area contributed by atoms with Crippen molar-refractivity contribution in [3.05, 3.63) is 60.0 Å². The molecule has 174 valence electrons. The number of nitrogens with zero attached hydrogens (tertiary/aromatic N) is 3. The molecule has 3 heterocycles. The van der Waals surface area contributed by atoms with Crippen LogP contribution in [-0.4, -0.2) is 46.6 Å². The van der Waals surface area contributed by atoms with Crippen LogP contribution in [0.25, 0.3) is 11.4 Å². The van der Waals surface area contributed by atoms with Crippen molar-refractivity contribution in [2.45, 2.75) is 12.8 Å². The number of likely N-dealkylation sites (tertiary alicyclic amines) is 1. The van der Waals surface area contributed by atoms with Crippen LogP contribution in [0, 0.1) is 11.7 Å². The monoisotopic (exact) mass is 463 g/mol. The molecule has 5 rings (SSSR count). The van der Waals surface area contributed by atoms with Gasteiger partial charge in [0.2, 0.25) is 12.7 Å². The molecule has 1 aromatic heterocycles. The van der Waals surface area contributed by atoms with Crippen molar-refractivity contribution in [3.63, 3.8) is 0 Å². The molecule has 0 bridgehead atoms. The van der Waals surface area contributed by atoms with E-state index in [0.29, 0.717) is 48.0 Å². The SMILES string of the molecule is NC(=O)[C@@H]1CCCN(C(=O)c2cnc(-c3ccc4c(c3)OCO4)nc2Nc2cccc(F)c2)C1. The second-order valence-electron chi connectivity index (χ2n) is 8.15. The Morgan fingerprint density at radius 2 is 2.00 bits per heavy atom. The number of ether oxygens (including phenoxy) is 2. The fourth-order valence-electron chi connectivity index (χ4n) is 4.08. The standard InChI is InChI=1S/C24H22FN5O4/c25-16-4-1-5-17(10-16)28-23-18(24(32)30-8-2-3-15(12-30)21(26)31)11-27-22(29-23)14-6-7-19-20(9-14)34-13-33-19/h1,4-7,9-11,15H,2-3,8,12-13H2,(H2,26,31)(H,27,28,29)/t15-/m1/s1. The number of hydrogen-bond donors (Lipinski definition) is 2. The molecule has 10 heteroatoms. The topological polar surface area (TPSA) is 120 Å². The van der Waals surface area contributed by atoms with Crippen LogP contribution in [-0.2, 0) is 4.79 Å². The molecule has 2 aliphatic rings. The zero-order valence-corrected chi connectivity index (χ0v) is 18.2. The Morgan fingerprint density at radius 3 is 2.82 bits per heavy atom. The number of fused-ring (bicyclic) bond motifs is 1. The molecule has 0 saturated carbocycles. The summed E-state index contributed by atoms with van der Waals surface area (Å²) in [6.45, 7) is 0.866. The summed E-state index contributed by atoms with van der Waals surface area (Å²) < 4.78 is 24.6. The molecule has 0 radical (unpaired) electrons. The van der Waals surface area contributed by atoms with Gasteiger partial charge in [0.05, 0.1) is 5.92 Å². The molecule has 3 N–H and O–H groups in total. The number of rotatable bonds is 5. The zero-order chi connectivity index (χ0) is 23.7. The molecule has 1 atom stereocenters. The number of benzene rings is 2. The van der Waals surface area contributed by atoms with E-state index in [4.69, 9.17) is 15.2 Å². The quantitative estimate of drug-likeness (QED) is 0.597. The van der Waals surface area contributed by atoms with Crippen LogP contribution in [0.5, 0.6) is 11.5 Å². The van der Waals surface area contributed by atoms with Gasteiger partial charge in [0, 0.05) is 30.5 Å². The summed E-state index contributed by atoms with van der Waals surface area (Å²) in [6, 6.07) is 11.2. The lowest BCUT2D eigenvalue weighted by Gasteiger charge is -2.31. The Bertz CT molecular complexity index is 1270. The normalized spacial score (nSPS) is 16.9. The second-order valence-corrected chi connectivity index (χ2v) is 8.15. The first-order valence-electron chi connectivity index (χ1n) is 10.9. The third-order valence-corrected chi connectivity index (χ3v) is 5.85. The van der Waals surface area contributed by atoms with Gasteiger partial charge >= 0.3 is 0 Å². The molecular formula is C24H22FN5O4. The number of primary amides is 1. The van der Waals surface area contributed by atoms with Gasteiger partial charge in [-0.05, 0) is 49.2 Å². The smallest absolute Gasteiger partial charge is 0.259 e. The van der Waals surface area contributed by atoms with Crippen LogP contribution in [0.4, 0.5) is 15.9 Å². The van der Waals surface area contributed by atoms with Gasteiger partial charge in [-0.1, -0.05) is 6.07 Å². The van der Waals surface area contributed by atoms with Crippen LogP contribution < -0.4 is 20.5 Å². The average molecular weight is 463 g/mol. The molecular weight excluding hydrogens is 441 g/mol. The van der Waals surface area contributed by atoms with E-state index < -0.39 is 17.6 Å². The Labute approximate surface area is 194 Å². The van der Waals surface area contributed by atoms with Crippen LogP contribution in [0.3, 0.4) is 0 Å². The van der Waals surface area contributed by atoms with E-state index in [1.807, 2.05) is 0 Å². The first kappa shape index (κ1) is 21.6. The molecule has 9 nitrogen and oxygen atoms in total. The highest BCUT2D eigenvalue weighted by Crippen LogP contribution is 2.35. The minimum atomic E-state index is -0.428. The van der Waals surface area contributed by atoms with Gasteiger partial charge in [0.1, 0.15) is 17.2 Å².